The largest absolute Gasteiger partial charge is 0.261 e. The van der Waals surface area contributed by atoms with Crippen LogP contribution in [0.3, 0.4) is 0 Å². The quantitative estimate of drug-likeness (QED) is 0.760. The Hall–Kier alpha value is -2.35. The molecule has 0 radical (unpaired) electrons. The third-order valence-corrected chi connectivity index (χ3v) is 2.20. The van der Waals surface area contributed by atoms with Gasteiger partial charge in [-0.2, -0.15) is 5.26 Å². The van der Waals surface area contributed by atoms with Crippen LogP contribution in [0.1, 0.15) is 5.56 Å². The van der Waals surface area contributed by atoms with E-state index in [0.29, 0.717) is 0 Å². The molecule has 2 aromatic rings. The molecule has 2 rings (SSSR count). The fraction of sp³-hybridized carbons (Fsp3) is 0. The predicted octanol–water partition coefficient (Wildman–Crippen LogP) is 3.04. The first-order chi connectivity index (χ1) is 8.11. The normalized spacial score (nSPS) is 10.0. The molecule has 0 saturated heterocycles. The van der Waals surface area contributed by atoms with Gasteiger partial charge >= 0.3 is 0 Å². The maximum absolute atomic E-state index is 13.1. The number of benzene rings is 1. The highest BCUT2D eigenvalue weighted by Crippen LogP contribution is 2.25. The third kappa shape index (κ3) is 2.11. The summed E-state index contributed by atoms with van der Waals surface area (Å²) in [6.07, 6.45) is 2.26. The summed E-state index contributed by atoms with van der Waals surface area (Å²) in [5.74, 6) is -2.82. The molecule has 1 aromatic carbocycles. The van der Waals surface area contributed by atoms with Crippen LogP contribution in [0.5, 0.6) is 0 Å². The topological polar surface area (TPSA) is 36.7 Å². The Labute approximate surface area is 95.0 Å². The minimum absolute atomic E-state index is 0.0729. The summed E-state index contributed by atoms with van der Waals surface area (Å²) in [6.45, 7) is 0. The molecule has 0 aliphatic rings. The fourth-order valence-electron chi connectivity index (χ4n) is 1.44. The van der Waals surface area contributed by atoms with Crippen molar-refractivity contribution < 1.29 is 13.2 Å². The van der Waals surface area contributed by atoms with E-state index in [1.165, 1.54) is 6.20 Å². The van der Waals surface area contributed by atoms with Crippen molar-refractivity contribution in [3.63, 3.8) is 0 Å². The Balaban J connectivity index is 2.67. The van der Waals surface area contributed by atoms with Gasteiger partial charge < -0.3 is 0 Å². The minimum Gasteiger partial charge on any atom is -0.261 e. The second kappa shape index (κ2) is 4.26. The standard InChI is InChI=1S/C12H5F3N2/c13-9-1-8(5-17-6-9)10-3-12(15)11(14)2-7(10)4-16/h1-3,5-6H. The monoisotopic (exact) mass is 234 g/mol. The van der Waals surface area contributed by atoms with Crippen molar-refractivity contribution in [3.05, 3.63) is 53.6 Å². The number of hydrogen-bond acceptors (Lipinski definition) is 2. The Morgan fingerprint density at radius 1 is 1.00 bits per heavy atom. The van der Waals surface area contributed by atoms with E-state index in [-0.39, 0.29) is 16.7 Å². The first-order valence-electron chi connectivity index (χ1n) is 4.62. The summed E-state index contributed by atoms with van der Waals surface area (Å²) in [5.41, 5.74) is 0.259. The average molecular weight is 234 g/mol. The van der Waals surface area contributed by atoms with Crippen molar-refractivity contribution in [1.29, 1.82) is 5.26 Å². The molecular formula is C12H5F3N2. The van der Waals surface area contributed by atoms with Gasteiger partial charge in [0.1, 0.15) is 5.82 Å². The molecule has 1 heterocycles. The summed E-state index contributed by atoms with van der Waals surface area (Å²) in [5, 5.41) is 8.81. The first kappa shape index (κ1) is 11.1. The minimum atomic E-state index is -1.12. The Bertz CT molecular complexity index is 618. The van der Waals surface area contributed by atoms with Crippen LogP contribution < -0.4 is 0 Å². The van der Waals surface area contributed by atoms with Gasteiger partial charge in [-0.25, -0.2) is 13.2 Å². The van der Waals surface area contributed by atoms with Crippen LogP contribution in [0.4, 0.5) is 13.2 Å². The van der Waals surface area contributed by atoms with Crippen molar-refractivity contribution in [3.8, 4) is 17.2 Å². The molecule has 0 fully saturated rings. The van der Waals surface area contributed by atoms with Crippen molar-refractivity contribution in [2.45, 2.75) is 0 Å². The van der Waals surface area contributed by atoms with E-state index in [1.54, 1.807) is 6.07 Å². The predicted molar refractivity (Wildman–Crippen MR) is 54.3 cm³/mol. The van der Waals surface area contributed by atoms with Gasteiger partial charge in [-0.05, 0) is 18.2 Å². The highest BCUT2D eigenvalue weighted by atomic mass is 19.2. The van der Waals surface area contributed by atoms with Gasteiger partial charge in [-0.15, -0.1) is 0 Å². The molecule has 0 unspecified atom stereocenters. The average Bonchev–Trinajstić information content (AvgIpc) is 2.32. The number of halogens is 3. The first-order valence-corrected chi connectivity index (χ1v) is 4.62. The summed E-state index contributed by atoms with van der Waals surface area (Å²) < 4.78 is 39.0. The lowest BCUT2D eigenvalue weighted by molar-refractivity contribution is 0.508. The summed E-state index contributed by atoms with van der Waals surface area (Å²) in [6, 6.07) is 4.45. The molecule has 0 amide bonds. The molecule has 0 bridgehead atoms. The van der Waals surface area contributed by atoms with E-state index in [0.717, 1.165) is 24.4 Å². The lowest BCUT2D eigenvalue weighted by Crippen LogP contribution is -1.92. The molecule has 0 atom stereocenters. The Morgan fingerprint density at radius 3 is 2.35 bits per heavy atom. The van der Waals surface area contributed by atoms with Gasteiger partial charge in [0.25, 0.3) is 0 Å². The van der Waals surface area contributed by atoms with Gasteiger partial charge in [-0.1, -0.05) is 0 Å². The van der Waals surface area contributed by atoms with Gasteiger partial charge in [0.05, 0.1) is 17.8 Å². The van der Waals surface area contributed by atoms with E-state index >= 15 is 0 Å². The van der Waals surface area contributed by atoms with Crippen molar-refractivity contribution >= 4 is 0 Å². The van der Waals surface area contributed by atoms with E-state index in [4.69, 9.17) is 5.26 Å². The molecule has 84 valence electrons. The van der Waals surface area contributed by atoms with Gasteiger partial charge in [0, 0.05) is 17.3 Å². The SMILES string of the molecule is N#Cc1cc(F)c(F)cc1-c1cncc(F)c1. The second-order valence-corrected chi connectivity index (χ2v) is 3.32. The number of aromatic nitrogens is 1. The molecule has 17 heavy (non-hydrogen) atoms. The maximum atomic E-state index is 13.1. The van der Waals surface area contributed by atoms with Crippen LogP contribution in [-0.4, -0.2) is 4.98 Å². The number of pyridine rings is 1. The van der Waals surface area contributed by atoms with Crippen LogP contribution in [0.25, 0.3) is 11.1 Å². The van der Waals surface area contributed by atoms with Crippen molar-refractivity contribution in [2.75, 3.05) is 0 Å². The van der Waals surface area contributed by atoms with Crippen LogP contribution in [0.15, 0.2) is 30.6 Å². The van der Waals surface area contributed by atoms with Crippen LogP contribution in [-0.2, 0) is 0 Å². The molecule has 0 aliphatic carbocycles. The Morgan fingerprint density at radius 2 is 1.71 bits per heavy atom. The van der Waals surface area contributed by atoms with E-state index in [2.05, 4.69) is 4.98 Å². The van der Waals surface area contributed by atoms with Crippen molar-refractivity contribution in [1.82, 2.24) is 4.98 Å². The summed E-state index contributed by atoms with van der Waals surface area (Å²) in [7, 11) is 0. The third-order valence-electron chi connectivity index (χ3n) is 2.20. The molecule has 0 N–H and O–H groups in total. The van der Waals surface area contributed by atoms with E-state index in [9.17, 15) is 13.2 Å². The highest BCUT2D eigenvalue weighted by Gasteiger charge is 2.12. The smallest absolute Gasteiger partial charge is 0.160 e. The van der Waals surface area contributed by atoms with Gasteiger partial charge in [0.2, 0.25) is 0 Å². The van der Waals surface area contributed by atoms with Crippen LogP contribution >= 0.6 is 0 Å². The molecule has 0 aliphatic heterocycles. The molecule has 1 aromatic heterocycles. The molecule has 0 saturated carbocycles. The Kier molecular flexibility index (Phi) is 2.79. The van der Waals surface area contributed by atoms with E-state index in [1.807, 2.05) is 0 Å². The van der Waals surface area contributed by atoms with Gasteiger partial charge in [0.15, 0.2) is 11.6 Å². The number of nitriles is 1. The number of hydrogen-bond donors (Lipinski definition) is 0. The van der Waals surface area contributed by atoms with E-state index < -0.39 is 17.5 Å². The van der Waals surface area contributed by atoms with Crippen LogP contribution in [0.2, 0.25) is 0 Å². The lowest BCUT2D eigenvalue weighted by atomic mass is 10.0. The lowest BCUT2D eigenvalue weighted by Gasteiger charge is -2.04. The molecule has 0 spiro atoms. The van der Waals surface area contributed by atoms with Gasteiger partial charge in [-0.3, -0.25) is 4.98 Å². The number of nitrogens with zero attached hydrogens (tertiary/aromatic N) is 2. The molecule has 2 nitrogen and oxygen atoms in total. The van der Waals surface area contributed by atoms with Crippen molar-refractivity contribution in [2.24, 2.45) is 0 Å². The van der Waals surface area contributed by atoms with Crippen LogP contribution in [0, 0.1) is 28.8 Å². The molecule has 5 heteroatoms. The maximum Gasteiger partial charge on any atom is 0.160 e. The second-order valence-electron chi connectivity index (χ2n) is 3.32. The fourth-order valence-corrected chi connectivity index (χ4v) is 1.44. The zero-order valence-corrected chi connectivity index (χ0v) is 8.42. The number of rotatable bonds is 1. The zero-order chi connectivity index (χ0) is 12.4. The zero-order valence-electron chi connectivity index (χ0n) is 8.42. The summed E-state index contributed by atoms with van der Waals surface area (Å²) in [4.78, 5) is 3.59. The molecular weight excluding hydrogens is 229 g/mol. The summed E-state index contributed by atoms with van der Waals surface area (Å²) >= 11 is 0. The highest BCUT2D eigenvalue weighted by molar-refractivity contribution is 5.69.